The van der Waals surface area contributed by atoms with Gasteiger partial charge in [0.2, 0.25) is 5.91 Å². The molecule has 0 atom stereocenters. The van der Waals surface area contributed by atoms with Gasteiger partial charge in [-0.2, -0.15) is 0 Å². The van der Waals surface area contributed by atoms with Gasteiger partial charge in [-0.3, -0.25) is 30.6 Å². The molecule has 0 aliphatic rings. The number of nitrogens with zero attached hydrogens (tertiary/aromatic N) is 1. The first-order valence-electron chi connectivity index (χ1n) is 7.89. The first kappa shape index (κ1) is 19.8. The number of nitrogens with one attached hydrogen (secondary N) is 4. The van der Waals surface area contributed by atoms with E-state index in [1.54, 1.807) is 0 Å². The second-order valence-electron chi connectivity index (χ2n) is 5.30. The summed E-state index contributed by atoms with van der Waals surface area (Å²) in [5.74, 6) is -0.789. The lowest BCUT2D eigenvalue weighted by molar-refractivity contribution is -0.384. The minimum absolute atomic E-state index is 0.0275. The molecule has 0 unspecified atom stereocenters. The van der Waals surface area contributed by atoms with Gasteiger partial charge in [0.05, 0.1) is 4.92 Å². The van der Waals surface area contributed by atoms with Crippen LogP contribution in [0.1, 0.15) is 16.8 Å². The minimum Gasteiger partial charge on any atom is -0.352 e. The number of carbonyl (C=O) groups is 2. The minimum atomic E-state index is -0.546. The van der Waals surface area contributed by atoms with Crippen molar-refractivity contribution >= 4 is 40.5 Å². The number of benzene rings is 2. The second kappa shape index (κ2) is 9.82. The van der Waals surface area contributed by atoms with E-state index in [-0.39, 0.29) is 35.2 Å². The van der Waals surface area contributed by atoms with E-state index in [0.717, 1.165) is 5.69 Å². The zero-order chi connectivity index (χ0) is 19.6. The van der Waals surface area contributed by atoms with Crippen LogP contribution in [0.25, 0.3) is 0 Å². The summed E-state index contributed by atoms with van der Waals surface area (Å²) in [5.41, 5.74) is 5.93. The average Bonchev–Trinajstić information content (AvgIpc) is 2.67. The quantitative estimate of drug-likeness (QED) is 0.338. The summed E-state index contributed by atoms with van der Waals surface area (Å²) in [4.78, 5) is 33.7. The van der Waals surface area contributed by atoms with E-state index in [2.05, 4.69) is 21.5 Å². The third-order valence-electron chi connectivity index (χ3n) is 3.33. The third kappa shape index (κ3) is 6.71. The maximum absolute atomic E-state index is 11.9. The highest BCUT2D eigenvalue weighted by atomic mass is 32.1. The molecule has 4 N–H and O–H groups in total. The summed E-state index contributed by atoms with van der Waals surface area (Å²) in [5, 5.41) is 16.3. The molecule has 0 aliphatic carbocycles. The lowest BCUT2D eigenvalue weighted by Crippen LogP contribution is -2.44. The third-order valence-corrected chi connectivity index (χ3v) is 3.53. The number of thiocarbonyl (C=S) groups is 1. The number of hydrazine groups is 1. The van der Waals surface area contributed by atoms with E-state index in [1.807, 2.05) is 30.3 Å². The number of hydrogen-bond donors (Lipinski definition) is 4. The number of non-ortho nitro benzene ring substituents is 1. The SMILES string of the molecule is O=C(CCNC(=O)c1ccc([N+](=O)[O-])cc1)NNC(=S)Nc1ccccc1. The highest BCUT2D eigenvalue weighted by Crippen LogP contribution is 2.11. The molecule has 0 saturated heterocycles. The largest absolute Gasteiger partial charge is 0.352 e. The van der Waals surface area contributed by atoms with Crippen LogP contribution in [0.5, 0.6) is 0 Å². The van der Waals surface area contributed by atoms with Crippen LogP contribution in [0.15, 0.2) is 54.6 Å². The van der Waals surface area contributed by atoms with Crippen molar-refractivity contribution in [1.29, 1.82) is 0 Å². The van der Waals surface area contributed by atoms with Crippen molar-refractivity contribution in [3.8, 4) is 0 Å². The van der Waals surface area contributed by atoms with E-state index in [1.165, 1.54) is 24.3 Å². The predicted molar refractivity (Wildman–Crippen MR) is 104 cm³/mol. The molecule has 2 aromatic rings. The summed E-state index contributed by atoms with van der Waals surface area (Å²) in [7, 11) is 0. The van der Waals surface area contributed by atoms with Crippen LogP contribution in [0.4, 0.5) is 11.4 Å². The molecule has 10 heteroatoms. The van der Waals surface area contributed by atoms with Gasteiger partial charge < -0.3 is 10.6 Å². The number of carbonyl (C=O) groups excluding carboxylic acids is 2. The molecular formula is C17H17N5O4S. The summed E-state index contributed by atoms with van der Waals surface area (Å²) in [6.07, 6.45) is 0.0275. The molecule has 140 valence electrons. The first-order chi connectivity index (χ1) is 13.0. The van der Waals surface area contributed by atoms with Crippen molar-refractivity contribution < 1.29 is 14.5 Å². The van der Waals surface area contributed by atoms with Crippen molar-refractivity contribution in [3.63, 3.8) is 0 Å². The van der Waals surface area contributed by atoms with Crippen LogP contribution >= 0.6 is 12.2 Å². The number of nitro groups is 1. The number of nitro benzene ring substituents is 1. The highest BCUT2D eigenvalue weighted by molar-refractivity contribution is 7.80. The highest BCUT2D eigenvalue weighted by Gasteiger charge is 2.10. The van der Waals surface area contributed by atoms with Crippen molar-refractivity contribution in [2.24, 2.45) is 0 Å². The lowest BCUT2D eigenvalue weighted by Gasteiger charge is -2.11. The van der Waals surface area contributed by atoms with Crippen LogP contribution < -0.4 is 21.5 Å². The van der Waals surface area contributed by atoms with E-state index in [9.17, 15) is 19.7 Å². The molecule has 0 bridgehead atoms. The van der Waals surface area contributed by atoms with Gasteiger partial charge in [-0.15, -0.1) is 0 Å². The standard InChI is InChI=1S/C17H17N5O4S/c23-15(20-21-17(27)19-13-4-2-1-3-5-13)10-11-18-16(24)12-6-8-14(9-7-12)22(25)26/h1-9H,10-11H2,(H,18,24)(H,20,23)(H2,19,21,27). The fourth-order valence-electron chi connectivity index (χ4n) is 2.00. The number of amides is 2. The van der Waals surface area contributed by atoms with Crippen LogP contribution in [0, 0.1) is 10.1 Å². The average molecular weight is 387 g/mol. The Hall–Kier alpha value is -3.53. The Morgan fingerprint density at radius 1 is 1.00 bits per heavy atom. The Balaban J connectivity index is 1.67. The van der Waals surface area contributed by atoms with E-state index >= 15 is 0 Å². The molecular weight excluding hydrogens is 370 g/mol. The fraction of sp³-hybridized carbons (Fsp3) is 0.118. The Kier molecular flexibility index (Phi) is 7.20. The molecule has 2 aromatic carbocycles. The molecule has 0 spiro atoms. The molecule has 27 heavy (non-hydrogen) atoms. The Morgan fingerprint density at radius 2 is 1.67 bits per heavy atom. The Labute approximate surface area is 160 Å². The van der Waals surface area contributed by atoms with E-state index in [0.29, 0.717) is 0 Å². The second-order valence-corrected chi connectivity index (χ2v) is 5.71. The summed E-state index contributed by atoms with van der Waals surface area (Å²) >= 11 is 5.05. The molecule has 0 aliphatic heterocycles. The summed E-state index contributed by atoms with van der Waals surface area (Å²) < 4.78 is 0. The molecule has 0 saturated carbocycles. The summed E-state index contributed by atoms with van der Waals surface area (Å²) in [6.45, 7) is 0.0994. The van der Waals surface area contributed by atoms with Crippen LogP contribution in [0.3, 0.4) is 0 Å². The van der Waals surface area contributed by atoms with Gasteiger partial charge in [-0.25, -0.2) is 0 Å². The fourth-order valence-corrected chi connectivity index (χ4v) is 2.17. The van der Waals surface area contributed by atoms with Crippen LogP contribution in [-0.4, -0.2) is 28.4 Å². The van der Waals surface area contributed by atoms with Crippen LogP contribution in [-0.2, 0) is 4.79 Å². The number of para-hydroxylation sites is 1. The molecule has 0 radical (unpaired) electrons. The molecule has 2 amide bonds. The normalized spacial score (nSPS) is 9.78. The summed E-state index contributed by atoms with van der Waals surface area (Å²) in [6, 6.07) is 14.4. The van der Waals surface area contributed by atoms with Crippen molar-refractivity contribution in [2.75, 3.05) is 11.9 Å². The van der Waals surface area contributed by atoms with Crippen molar-refractivity contribution in [3.05, 3.63) is 70.3 Å². The monoisotopic (exact) mass is 387 g/mol. The van der Waals surface area contributed by atoms with Gasteiger partial charge in [-0.05, 0) is 36.5 Å². The van der Waals surface area contributed by atoms with Crippen molar-refractivity contribution in [1.82, 2.24) is 16.2 Å². The zero-order valence-electron chi connectivity index (χ0n) is 14.1. The Bertz CT molecular complexity index is 827. The van der Waals surface area contributed by atoms with Gasteiger partial charge >= 0.3 is 0 Å². The van der Waals surface area contributed by atoms with Gasteiger partial charge in [0.25, 0.3) is 11.6 Å². The zero-order valence-corrected chi connectivity index (χ0v) is 14.9. The van der Waals surface area contributed by atoms with E-state index in [4.69, 9.17) is 12.2 Å². The van der Waals surface area contributed by atoms with Crippen molar-refractivity contribution in [2.45, 2.75) is 6.42 Å². The van der Waals surface area contributed by atoms with Gasteiger partial charge in [-0.1, -0.05) is 18.2 Å². The first-order valence-corrected chi connectivity index (χ1v) is 8.30. The number of rotatable bonds is 6. The number of anilines is 1. The lowest BCUT2D eigenvalue weighted by atomic mass is 10.2. The maximum atomic E-state index is 11.9. The smallest absolute Gasteiger partial charge is 0.269 e. The molecule has 0 aromatic heterocycles. The maximum Gasteiger partial charge on any atom is 0.269 e. The number of hydrogen-bond acceptors (Lipinski definition) is 5. The predicted octanol–water partition coefficient (Wildman–Crippen LogP) is 1.73. The Morgan fingerprint density at radius 3 is 2.30 bits per heavy atom. The van der Waals surface area contributed by atoms with Crippen LogP contribution in [0.2, 0.25) is 0 Å². The molecule has 0 fully saturated rings. The topological polar surface area (TPSA) is 125 Å². The van der Waals surface area contributed by atoms with E-state index < -0.39 is 10.8 Å². The molecule has 2 rings (SSSR count). The van der Waals surface area contributed by atoms with Gasteiger partial charge in [0.15, 0.2) is 5.11 Å². The van der Waals surface area contributed by atoms with Gasteiger partial charge in [0.1, 0.15) is 0 Å². The molecule has 0 heterocycles. The van der Waals surface area contributed by atoms with Gasteiger partial charge in [0, 0.05) is 36.3 Å². The molecule has 9 nitrogen and oxygen atoms in total.